The molecule has 114 valence electrons. The number of hydrogen-bond donors (Lipinski definition) is 3. The second kappa shape index (κ2) is 6.50. The SMILES string of the molecule is C=C(C)C=CC1(O)C=C(O)C=C(C=Cc2ccc(O)cc2)C1. The van der Waals surface area contributed by atoms with Crippen LogP contribution in [0.3, 0.4) is 0 Å². The first-order chi connectivity index (χ1) is 10.4. The van der Waals surface area contributed by atoms with E-state index in [0.29, 0.717) is 6.42 Å². The molecule has 1 unspecified atom stereocenters. The Hall–Kier alpha value is -2.52. The fraction of sp³-hybridized carbons (Fsp3) is 0.158. The molecule has 0 bridgehead atoms. The molecule has 3 heteroatoms. The van der Waals surface area contributed by atoms with Gasteiger partial charge in [-0.15, -0.1) is 0 Å². The molecule has 1 aliphatic carbocycles. The molecule has 0 saturated carbocycles. The highest BCUT2D eigenvalue weighted by atomic mass is 16.3. The second-order valence-electron chi connectivity index (χ2n) is 5.56. The van der Waals surface area contributed by atoms with Gasteiger partial charge in [0.25, 0.3) is 0 Å². The predicted molar refractivity (Wildman–Crippen MR) is 89.5 cm³/mol. The quantitative estimate of drug-likeness (QED) is 0.735. The number of phenols is 1. The van der Waals surface area contributed by atoms with Crippen LogP contribution in [0.4, 0.5) is 0 Å². The number of aliphatic hydroxyl groups is 2. The molecule has 22 heavy (non-hydrogen) atoms. The lowest BCUT2D eigenvalue weighted by atomic mass is 9.88. The van der Waals surface area contributed by atoms with E-state index in [4.69, 9.17) is 0 Å². The molecular weight excluding hydrogens is 276 g/mol. The average molecular weight is 296 g/mol. The van der Waals surface area contributed by atoms with Crippen LogP contribution in [0, 0.1) is 0 Å². The largest absolute Gasteiger partial charge is 0.508 e. The van der Waals surface area contributed by atoms with E-state index < -0.39 is 5.60 Å². The molecule has 0 saturated heterocycles. The van der Waals surface area contributed by atoms with Crippen molar-refractivity contribution in [3.63, 3.8) is 0 Å². The Kier molecular flexibility index (Phi) is 4.68. The molecule has 1 aliphatic rings. The molecule has 0 radical (unpaired) electrons. The average Bonchev–Trinajstić information content (AvgIpc) is 2.44. The minimum absolute atomic E-state index is 0.0328. The Morgan fingerprint density at radius 3 is 2.50 bits per heavy atom. The van der Waals surface area contributed by atoms with E-state index in [2.05, 4.69) is 6.58 Å². The monoisotopic (exact) mass is 296 g/mol. The summed E-state index contributed by atoms with van der Waals surface area (Å²) in [4.78, 5) is 0. The van der Waals surface area contributed by atoms with Gasteiger partial charge in [0, 0.05) is 6.42 Å². The van der Waals surface area contributed by atoms with E-state index in [1.807, 2.05) is 19.1 Å². The van der Waals surface area contributed by atoms with E-state index in [-0.39, 0.29) is 11.5 Å². The van der Waals surface area contributed by atoms with Crippen molar-refractivity contribution in [2.75, 3.05) is 0 Å². The Morgan fingerprint density at radius 2 is 1.86 bits per heavy atom. The zero-order valence-corrected chi connectivity index (χ0v) is 12.5. The van der Waals surface area contributed by atoms with Gasteiger partial charge in [-0.1, -0.05) is 42.5 Å². The first-order valence-corrected chi connectivity index (χ1v) is 7.03. The lowest BCUT2D eigenvalue weighted by Crippen LogP contribution is -2.26. The summed E-state index contributed by atoms with van der Waals surface area (Å²) in [7, 11) is 0. The number of hydrogen-bond acceptors (Lipinski definition) is 3. The van der Waals surface area contributed by atoms with Gasteiger partial charge >= 0.3 is 0 Å². The fourth-order valence-corrected chi connectivity index (χ4v) is 2.21. The molecule has 0 amide bonds. The van der Waals surface area contributed by atoms with E-state index >= 15 is 0 Å². The van der Waals surface area contributed by atoms with Crippen molar-refractivity contribution >= 4 is 6.08 Å². The van der Waals surface area contributed by atoms with Crippen LogP contribution < -0.4 is 0 Å². The molecule has 1 atom stereocenters. The zero-order chi connectivity index (χ0) is 16.2. The first kappa shape index (κ1) is 15.9. The molecule has 0 heterocycles. The number of aliphatic hydroxyl groups excluding tert-OH is 1. The van der Waals surface area contributed by atoms with E-state index in [0.717, 1.165) is 16.7 Å². The van der Waals surface area contributed by atoms with Crippen molar-refractivity contribution < 1.29 is 15.3 Å². The van der Waals surface area contributed by atoms with Crippen LogP contribution >= 0.6 is 0 Å². The third kappa shape index (κ3) is 4.50. The maximum absolute atomic E-state index is 10.5. The van der Waals surface area contributed by atoms with E-state index in [1.54, 1.807) is 42.5 Å². The van der Waals surface area contributed by atoms with Crippen molar-refractivity contribution in [3.05, 3.63) is 83.7 Å². The fourth-order valence-electron chi connectivity index (χ4n) is 2.21. The third-order valence-corrected chi connectivity index (χ3v) is 3.26. The molecule has 0 fully saturated rings. The normalized spacial score (nSPS) is 21.9. The molecule has 1 aromatic rings. The van der Waals surface area contributed by atoms with Crippen LogP contribution in [-0.4, -0.2) is 20.9 Å². The summed E-state index contributed by atoms with van der Waals surface area (Å²) in [6.45, 7) is 5.60. The number of aromatic hydroxyl groups is 1. The molecule has 0 spiro atoms. The van der Waals surface area contributed by atoms with Crippen molar-refractivity contribution in [3.8, 4) is 5.75 Å². The number of allylic oxidation sites excluding steroid dienone is 4. The van der Waals surface area contributed by atoms with Gasteiger partial charge < -0.3 is 15.3 Å². The molecule has 3 N–H and O–H groups in total. The summed E-state index contributed by atoms with van der Waals surface area (Å²) >= 11 is 0. The summed E-state index contributed by atoms with van der Waals surface area (Å²) in [6.07, 6.45) is 10.5. The molecule has 3 nitrogen and oxygen atoms in total. The Labute approximate surface area is 130 Å². The van der Waals surface area contributed by atoms with Gasteiger partial charge in [-0.05, 0) is 48.4 Å². The zero-order valence-electron chi connectivity index (χ0n) is 12.5. The minimum Gasteiger partial charge on any atom is -0.508 e. The maximum Gasteiger partial charge on any atom is 0.115 e. The van der Waals surface area contributed by atoms with Crippen molar-refractivity contribution in [2.45, 2.75) is 18.9 Å². The van der Waals surface area contributed by atoms with Gasteiger partial charge in [0.2, 0.25) is 0 Å². The van der Waals surface area contributed by atoms with Gasteiger partial charge in [-0.2, -0.15) is 0 Å². The lowest BCUT2D eigenvalue weighted by Gasteiger charge is -2.25. The standard InChI is InChI=1S/C19H20O3/c1-14(2)9-10-19(22)12-16(11-18(21)13-19)4-3-15-5-7-17(20)8-6-15/h3-11,13,20-22H,1,12H2,2H3. The van der Waals surface area contributed by atoms with Gasteiger partial charge in [-0.3, -0.25) is 0 Å². The highest BCUT2D eigenvalue weighted by Gasteiger charge is 2.25. The van der Waals surface area contributed by atoms with Crippen LogP contribution in [0.2, 0.25) is 0 Å². The van der Waals surface area contributed by atoms with Crippen LogP contribution in [-0.2, 0) is 0 Å². The molecule has 1 aromatic carbocycles. The number of benzene rings is 1. The smallest absolute Gasteiger partial charge is 0.115 e. The van der Waals surface area contributed by atoms with Gasteiger partial charge in [0.05, 0.1) is 0 Å². The predicted octanol–water partition coefficient (Wildman–Crippen LogP) is 4.04. The summed E-state index contributed by atoms with van der Waals surface area (Å²) in [5, 5.41) is 29.6. The van der Waals surface area contributed by atoms with Crippen LogP contribution in [0.15, 0.2) is 78.1 Å². The summed E-state index contributed by atoms with van der Waals surface area (Å²) in [6, 6.07) is 6.80. The second-order valence-corrected chi connectivity index (χ2v) is 5.56. The lowest BCUT2D eigenvalue weighted by molar-refractivity contribution is 0.137. The van der Waals surface area contributed by atoms with Crippen molar-refractivity contribution in [1.29, 1.82) is 0 Å². The van der Waals surface area contributed by atoms with Crippen LogP contribution in [0.25, 0.3) is 6.08 Å². The summed E-state index contributed by atoms with van der Waals surface area (Å²) in [5.41, 5.74) is 1.35. The summed E-state index contributed by atoms with van der Waals surface area (Å²) < 4.78 is 0. The Morgan fingerprint density at radius 1 is 1.18 bits per heavy atom. The summed E-state index contributed by atoms with van der Waals surface area (Å²) in [5.74, 6) is 0.249. The topological polar surface area (TPSA) is 60.7 Å². The highest BCUT2D eigenvalue weighted by molar-refractivity contribution is 5.55. The van der Waals surface area contributed by atoms with Gasteiger partial charge in [0.15, 0.2) is 0 Å². The third-order valence-electron chi connectivity index (χ3n) is 3.26. The van der Waals surface area contributed by atoms with E-state index in [1.165, 1.54) is 6.08 Å². The van der Waals surface area contributed by atoms with E-state index in [9.17, 15) is 15.3 Å². The van der Waals surface area contributed by atoms with Crippen LogP contribution in [0.5, 0.6) is 5.75 Å². The van der Waals surface area contributed by atoms with Crippen LogP contribution in [0.1, 0.15) is 18.9 Å². The number of phenolic OH excluding ortho intramolecular Hbond substituents is 1. The maximum atomic E-state index is 10.5. The molecule has 2 rings (SSSR count). The van der Waals surface area contributed by atoms with Gasteiger partial charge in [-0.25, -0.2) is 0 Å². The van der Waals surface area contributed by atoms with Gasteiger partial charge in [0.1, 0.15) is 17.1 Å². The first-order valence-electron chi connectivity index (χ1n) is 7.03. The van der Waals surface area contributed by atoms with Crippen molar-refractivity contribution in [2.24, 2.45) is 0 Å². The van der Waals surface area contributed by atoms with Crippen molar-refractivity contribution in [1.82, 2.24) is 0 Å². The minimum atomic E-state index is -1.22. The molecule has 0 aromatic heterocycles. The Bertz CT molecular complexity index is 675. The number of rotatable bonds is 4. The molecule has 0 aliphatic heterocycles. The molecular formula is C19H20O3. The Balaban J connectivity index is 2.17. The highest BCUT2D eigenvalue weighted by Crippen LogP contribution is 2.28.